The number of aryl methyl sites for hydroxylation is 1. The van der Waals surface area contributed by atoms with E-state index in [4.69, 9.17) is 4.74 Å². The van der Waals surface area contributed by atoms with Gasteiger partial charge in [0.1, 0.15) is 5.69 Å². The second-order valence-corrected chi connectivity index (χ2v) is 7.67. The average Bonchev–Trinajstić information content (AvgIpc) is 2.89. The second-order valence-electron chi connectivity index (χ2n) is 5.99. The van der Waals surface area contributed by atoms with E-state index in [0.29, 0.717) is 22.5 Å². The van der Waals surface area contributed by atoms with E-state index in [2.05, 4.69) is 10.3 Å². The van der Waals surface area contributed by atoms with Crippen LogP contribution in [0.25, 0.3) is 0 Å². The maximum atomic E-state index is 12.5. The minimum atomic E-state index is -3.95. The number of benzene rings is 1. The van der Waals surface area contributed by atoms with Gasteiger partial charge in [0, 0.05) is 18.3 Å². The Bertz CT molecular complexity index is 1020. The number of aromatic nitrogens is 1. The van der Waals surface area contributed by atoms with Gasteiger partial charge in [-0.3, -0.25) is 9.59 Å². The summed E-state index contributed by atoms with van der Waals surface area (Å²) in [6.07, 6.45) is 0. The molecule has 0 aliphatic carbocycles. The monoisotopic (exact) mass is 407 g/mol. The molecule has 0 bridgehead atoms. The van der Waals surface area contributed by atoms with Crippen LogP contribution >= 0.6 is 0 Å². The van der Waals surface area contributed by atoms with Crippen LogP contribution in [0.3, 0.4) is 0 Å². The molecule has 9 nitrogen and oxygen atoms in total. The van der Waals surface area contributed by atoms with Gasteiger partial charge in [0.15, 0.2) is 0 Å². The summed E-state index contributed by atoms with van der Waals surface area (Å²) in [6.45, 7) is 6.31. The van der Waals surface area contributed by atoms with Gasteiger partial charge in [0.2, 0.25) is 5.91 Å². The molecule has 0 aliphatic heterocycles. The SMILES string of the molecule is CCOC(=O)c1c(C)[nH]c(C(=O)Nc2ccc(S(=O)(=O)NC(C)=O)cc2)c1C. The van der Waals surface area contributed by atoms with Crippen LogP contribution in [-0.4, -0.2) is 37.8 Å². The van der Waals surface area contributed by atoms with Crippen molar-refractivity contribution in [1.29, 1.82) is 0 Å². The first-order valence-corrected chi connectivity index (χ1v) is 9.86. The molecule has 0 saturated carbocycles. The lowest BCUT2D eigenvalue weighted by molar-refractivity contribution is -0.117. The number of hydrogen-bond donors (Lipinski definition) is 3. The lowest BCUT2D eigenvalue weighted by Gasteiger charge is -2.08. The van der Waals surface area contributed by atoms with Gasteiger partial charge < -0.3 is 15.0 Å². The van der Waals surface area contributed by atoms with E-state index >= 15 is 0 Å². The number of carbonyl (C=O) groups excluding carboxylic acids is 3. The van der Waals surface area contributed by atoms with Gasteiger partial charge >= 0.3 is 5.97 Å². The van der Waals surface area contributed by atoms with Crippen molar-refractivity contribution in [2.24, 2.45) is 0 Å². The molecule has 2 aromatic rings. The predicted molar refractivity (Wildman–Crippen MR) is 102 cm³/mol. The molecule has 0 aliphatic rings. The number of anilines is 1. The van der Waals surface area contributed by atoms with E-state index in [0.717, 1.165) is 6.92 Å². The first-order valence-electron chi connectivity index (χ1n) is 8.38. The fraction of sp³-hybridized carbons (Fsp3) is 0.278. The molecule has 150 valence electrons. The van der Waals surface area contributed by atoms with Gasteiger partial charge in [0.25, 0.3) is 15.9 Å². The fourth-order valence-corrected chi connectivity index (χ4v) is 3.64. The minimum Gasteiger partial charge on any atom is -0.462 e. The molecule has 0 saturated heterocycles. The van der Waals surface area contributed by atoms with Gasteiger partial charge in [-0.05, 0) is 50.6 Å². The molecule has 1 aromatic heterocycles. The van der Waals surface area contributed by atoms with Gasteiger partial charge in [0.05, 0.1) is 17.1 Å². The van der Waals surface area contributed by atoms with Crippen molar-refractivity contribution < 1.29 is 27.5 Å². The molecular weight excluding hydrogens is 386 g/mol. The van der Waals surface area contributed by atoms with Crippen LogP contribution in [0, 0.1) is 13.8 Å². The highest BCUT2D eigenvalue weighted by Gasteiger charge is 2.23. The smallest absolute Gasteiger partial charge is 0.340 e. The highest BCUT2D eigenvalue weighted by molar-refractivity contribution is 7.90. The number of H-pyrrole nitrogens is 1. The van der Waals surface area contributed by atoms with Crippen LogP contribution < -0.4 is 10.0 Å². The summed E-state index contributed by atoms with van der Waals surface area (Å²) >= 11 is 0. The average molecular weight is 407 g/mol. The number of aromatic amines is 1. The van der Waals surface area contributed by atoms with Crippen LogP contribution in [0.1, 0.15) is 46.0 Å². The van der Waals surface area contributed by atoms with E-state index in [-0.39, 0.29) is 17.2 Å². The van der Waals surface area contributed by atoms with Crippen molar-refractivity contribution >= 4 is 33.5 Å². The number of carbonyl (C=O) groups is 3. The Morgan fingerprint density at radius 3 is 2.25 bits per heavy atom. The number of sulfonamides is 1. The van der Waals surface area contributed by atoms with Crippen molar-refractivity contribution in [3.63, 3.8) is 0 Å². The molecular formula is C18H21N3O6S. The van der Waals surface area contributed by atoms with E-state index in [1.165, 1.54) is 24.3 Å². The molecule has 28 heavy (non-hydrogen) atoms. The quantitative estimate of drug-likeness (QED) is 0.626. The van der Waals surface area contributed by atoms with Crippen molar-refractivity contribution in [3.8, 4) is 0 Å². The third-order valence-corrected chi connectivity index (χ3v) is 5.29. The van der Waals surface area contributed by atoms with Crippen LogP contribution in [-0.2, 0) is 19.6 Å². The Balaban J connectivity index is 2.21. The van der Waals surface area contributed by atoms with Gasteiger partial charge in [-0.1, -0.05) is 0 Å². The maximum Gasteiger partial charge on any atom is 0.340 e. The summed E-state index contributed by atoms with van der Waals surface area (Å²) in [4.78, 5) is 38.3. The number of nitrogens with one attached hydrogen (secondary N) is 3. The Labute approximate surface area is 162 Å². The first-order chi connectivity index (χ1) is 13.1. The second kappa shape index (κ2) is 8.26. The summed E-state index contributed by atoms with van der Waals surface area (Å²) in [6, 6.07) is 5.31. The van der Waals surface area contributed by atoms with Crippen molar-refractivity contribution in [3.05, 3.63) is 46.8 Å². The van der Waals surface area contributed by atoms with Crippen molar-refractivity contribution in [1.82, 2.24) is 9.71 Å². The standard InChI is InChI=1S/C18H21N3O6S/c1-5-27-18(24)15-10(2)16(19-11(15)3)17(23)20-13-6-8-14(9-7-13)28(25,26)21-12(4)22/h6-9,19H,5H2,1-4H3,(H,20,23)(H,21,22). The van der Waals surface area contributed by atoms with Crippen molar-refractivity contribution in [2.75, 3.05) is 11.9 Å². The molecule has 10 heteroatoms. The number of hydrogen-bond acceptors (Lipinski definition) is 6. The lowest BCUT2D eigenvalue weighted by atomic mass is 10.1. The number of amides is 2. The van der Waals surface area contributed by atoms with Crippen LogP contribution in [0.5, 0.6) is 0 Å². The summed E-state index contributed by atoms with van der Waals surface area (Å²) in [5.74, 6) is -1.71. The number of rotatable bonds is 6. The van der Waals surface area contributed by atoms with Gasteiger partial charge in [-0.25, -0.2) is 17.9 Å². The number of esters is 1. The van der Waals surface area contributed by atoms with E-state index in [1.807, 2.05) is 4.72 Å². The maximum absolute atomic E-state index is 12.5. The van der Waals surface area contributed by atoms with Crippen LogP contribution in [0.4, 0.5) is 5.69 Å². The lowest BCUT2D eigenvalue weighted by Crippen LogP contribution is -2.28. The van der Waals surface area contributed by atoms with E-state index in [1.54, 1.807) is 20.8 Å². The van der Waals surface area contributed by atoms with Crippen LogP contribution in [0.2, 0.25) is 0 Å². The molecule has 1 heterocycles. The van der Waals surface area contributed by atoms with E-state index in [9.17, 15) is 22.8 Å². The van der Waals surface area contributed by atoms with E-state index < -0.39 is 27.8 Å². The van der Waals surface area contributed by atoms with Crippen molar-refractivity contribution in [2.45, 2.75) is 32.6 Å². The molecule has 0 radical (unpaired) electrons. The third-order valence-electron chi connectivity index (χ3n) is 3.84. The molecule has 2 amide bonds. The Hall–Kier alpha value is -3.14. The minimum absolute atomic E-state index is 0.114. The fourth-order valence-electron chi connectivity index (χ4n) is 2.65. The van der Waals surface area contributed by atoms with Crippen LogP contribution in [0.15, 0.2) is 29.2 Å². The highest BCUT2D eigenvalue weighted by Crippen LogP contribution is 2.21. The molecule has 1 aromatic carbocycles. The molecule has 0 unspecified atom stereocenters. The molecule has 0 atom stereocenters. The van der Waals surface area contributed by atoms with Gasteiger partial charge in [-0.15, -0.1) is 0 Å². The largest absolute Gasteiger partial charge is 0.462 e. The molecule has 0 fully saturated rings. The molecule has 3 N–H and O–H groups in total. The summed E-state index contributed by atoms with van der Waals surface area (Å²) in [5.41, 5.74) is 1.83. The Morgan fingerprint density at radius 1 is 1.11 bits per heavy atom. The zero-order valence-corrected chi connectivity index (χ0v) is 16.7. The van der Waals surface area contributed by atoms with Gasteiger partial charge in [-0.2, -0.15) is 0 Å². The highest BCUT2D eigenvalue weighted by atomic mass is 32.2. The topological polar surface area (TPSA) is 134 Å². The zero-order chi connectivity index (χ0) is 21.1. The zero-order valence-electron chi connectivity index (χ0n) is 15.9. The summed E-state index contributed by atoms with van der Waals surface area (Å²) < 4.78 is 30.7. The third kappa shape index (κ3) is 4.58. The predicted octanol–water partition coefficient (Wildman–Crippen LogP) is 1.89. The number of ether oxygens (including phenoxy) is 1. The molecule has 2 rings (SSSR count). The summed E-state index contributed by atoms with van der Waals surface area (Å²) in [7, 11) is -3.95. The molecule has 0 spiro atoms. The summed E-state index contributed by atoms with van der Waals surface area (Å²) in [5, 5.41) is 2.63. The normalized spacial score (nSPS) is 11.0. The first kappa shape index (κ1) is 21.2. The Morgan fingerprint density at radius 2 is 1.71 bits per heavy atom. The Kier molecular flexibility index (Phi) is 6.24.